The summed E-state index contributed by atoms with van der Waals surface area (Å²) in [5.74, 6) is -0.432. The zero-order valence-corrected chi connectivity index (χ0v) is 9.21. The molecule has 0 unspecified atom stereocenters. The van der Waals surface area contributed by atoms with E-state index in [9.17, 15) is 4.79 Å². The van der Waals surface area contributed by atoms with E-state index in [2.05, 4.69) is 14.7 Å². The molecule has 0 radical (unpaired) electrons. The standard InChI is InChI=1S/C9H6Cl2N2O2/c1-15-9(14)6-2-4-5(12-6)3-7(10)13-8(4)11/h2-3,6H,1H3/t6-/m0/s1. The zero-order valence-electron chi connectivity index (χ0n) is 7.70. The van der Waals surface area contributed by atoms with Gasteiger partial charge in [0.2, 0.25) is 0 Å². The molecule has 1 aromatic heterocycles. The highest BCUT2D eigenvalue weighted by Crippen LogP contribution is 2.06. The van der Waals surface area contributed by atoms with Crippen molar-refractivity contribution in [2.75, 3.05) is 7.11 Å². The number of nitrogens with zero attached hydrogens (tertiary/aromatic N) is 2. The Labute approximate surface area is 95.2 Å². The Balaban J connectivity index is 2.58. The van der Waals surface area contributed by atoms with Crippen molar-refractivity contribution in [3.63, 3.8) is 0 Å². The minimum atomic E-state index is -0.650. The third-order valence-corrected chi connectivity index (χ3v) is 2.49. The molecule has 1 atom stereocenters. The molecule has 0 N–H and O–H groups in total. The number of pyridine rings is 1. The highest BCUT2D eigenvalue weighted by Gasteiger charge is 2.19. The van der Waals surface area contributed by atoms with Crippen LogP contribution in [0.4, 0.5) is 0 Å². The summed E-state index contributed by atoms with van der Waals surface area (Å²) in [5, 5.41) is 1.68. The minimum absolute atomic E-state index is 0.243. The van der Waals surface area contributed by atoms with E-state index < -0.39 is 12.0 Å². The van der Waals surface area contributed by atoms with Crippen molar-refractivity contribution in [3.05, 3.63) is 26.9 Å². The van der Waals surface area contributed by atoms with Crippen molar-refractivity contribution in [2.45, 2.75) is 6.04 Å². The van der Waals surface area contributed by atoms with Crippen LogP contribution in [0.2, 0.25) is 10.3 Å². The van der Waals surface area contributed by atoms with Gasteiger partial charge in [-0.2, -0.15) is 0 Å². The molecule has 0 saturated carbocycles. The van der Waals surface area contributed by atoms with Crippen LogP contribution < -0.4 is 10.6 Å². The van der Waals surface area contributed by atoms with Crippen LogP contribution in [0.5, 0.6) is 0 Å². The zero-order chi connectivity index (χ0) is 11.0. The van der Waals surface area contributed by atoms with Crippen LogP contribution in [0.25, 0.3) is 6.08 Å². The molecule has 2 rings (SSSR count). The van der Waals surface area contributed by atoms with E-state index in [4.69, 9.17) is 23.2 Å². The second-order valence-corrected chi connectivity index (χ2v) is 3.68. The number of aromatic nitrogens is 1. The smallest absolute Gasteiger partial charge is 0.334 e. The number of hydrogen-bond donors (Lipinski definition) is 0. The lowest BCUT2D eigenvalue weighted by atomic mass is 10.3. The van der Waals surface area contributed by atoms with Crippen LogP contribution in [-0.4, -0.2) is 24.1 Å². The molecule has 0 aromatic carbocycles. The molecular weight excluding hydrogens is 239 g/mol. The third-order valence-electron chi connectivity index (χ3n) is 2.00. The van der Waals surface area contributed by atoms with Crippen molar-refractivity contribution in [2.24, 2.45) is 4.99 Å². The molecule has 15 heavy (non-hydrogen) atoms. The van der Waals surface area contributed by atoms with Crippen LogP contribution in [0.1, 0.15) is 0 Å². The van der Waals surface area contributed by atoms with E-state index >= 15 is 0 Å². The lowest BCUT2D eigenvalue weighted by Gasteiger charge is -1.99. The average Bonchev–Trinajstić information content (AvgIpc) is 2.60. The van der Waals surface area contributed by atoms with E-state index in [1.807, 2.05) is 0 Å². The lowest BCUT2D eigenvalue weighted by molar-refractivity contribution is -0.140. The Bertz CT molecular complexity index is 542. The molecule has 0 aliphatic carbocycles. The van der Waals surface area contributed by atoms with Gasteiger partial charge in [-0.15, -0.1) is 0 Å². The van der Waals surface area contributed by atoms with Gasteiger partial charge in [0.15, 0.2) is 6.04 Å². The largest absolute Gasteiger partial charge is 0.467 e. The molecule has 1 aliphatic heterocycles. The van der Waals surface area contributed by atoms with E-state index in [1.54, 1.807) is 12.1 Å². The molecule has 6 heteroatoms. The Morgan fingerprint density at radius 2 is 2.27 bits per heavy atom. The SMILES string of the molecule is COC(=O)[C@@H]1C=c2c(Cl)nc(Cl)cc2=N1. The minimum Gasteiger partial charge on any atom is -0.467 e. The maximum Gasteiger partial charge on any atom is 0.334 e. The van der Waals surface area contributed by atoms with E-state index in [0.29, 0.717) is 10.6 Å². The van der Waals surface area contributed by atoms with Crippen molar-refractivity contribution < 1.29 is 9.53 Å². The molecule has 1 aromatic rings. The summed E-state index contributed by atoms with van der Waals surface area (Å²) in [6.07, 6.45) is 1.60. The summed E-state index contributed by atoms with van der Waals surface area (Å²) >= 11 is 11.6. The third kappa shape index (κ3) is 1.82. The molecule has 1 aliphatic rings. The van der Waals surface area contributed by atoms with Crippen LogP contribution in [-0.2, 0) is 9.53 Å². The van der Waals surface area contributed by atoms with Gasteiger partial charge in [0.25, 0.3) is 0 Å². The number of rotatable bonds is 1. The van der Waals surface area contributed by atoms with Gasteiger partial charge in [0.05, 0.1) is 12.5 Å². The summed E-state index contributed by atoms with van der Waals surface area (Å²) in [6, 6.07) is 0.908. The fraction of sp³-hybridized carbons (Fsp3) is 0.222. The number of ether oxygens (including phenoxy) is 1. The number of hydrogen-bond acceptors (Lipinski definition) is 4. The van der Waals surface area contributed by atoms with Crippen LogP contribution in [0.3, 0.4) is 0 Å². The molecule has 0 fully saturated rings. The molecule has 78 valence electrons. The summed E-state index contributed by atoms with van der Waals surface area (Å²) < 4.78 is 4.58. The van der Waals surface area contributed by atoms with Gasteiger partial charge in [-0.1, -0.05) is 23.2 Å². The first-order chi connectivity index (χ1) is 7.11. The summed E-state index contributed by atoms with van der Waals surface area (Å²) in [6.45, 7) is 0. The Hall–Kier alpha value is -1.13. The Morgan fingerprint density at radius 1 is 1.53 bits per heavy atom. The average molecular weight is 245 g/mol. The van der Waals surface area contributed by atoms with Gasteiger partial charge >= 0.3 is 5.97 Å². The molecule has 0 spiro atoms. The predicted molar refractivity (Wildman–Crippen MR) is 55.3 cm³/mol. The maximum absolute atomic E-state index is 11.2. The second kappa shape index (κ2) is 3.79. The topological polar surface area (TPSA) is 51.5 Å². The summed E-state index contributed by atoms with van der Waals surface area (Å²) in [7, 11) is 1.31. The van der Waals surface area contributed by atoms with Gasteiger partial charge in [0, 0.05) is 11.3 Å². The van der Waals surface area contributed by atoms with Crippen molar-refractivity contribution in [1.82, 2.24) is 4.98 Å². The Morgan fingerprint density at radius 3 is 2.93 bits per heavy atom. The lowest BCUT2D eigenvalue weighted by Crippen LogP contribution is -2.23. The predicted octanol–water partition coefficient (Wildman–Crippen LogP) is 0.344. The normalized spacial score (nSPS) is 17.7. The fourth-order valence-electron chi connectivity index (χ4n) is 1.33. The molecule has 0 bridgehead atoms. The summed E-state index contributed by atoms with van der Waals surface area (Å²) in [5.41, 5.74) is 0. The number of fused-ring (bicyclic) bond motifs is 1. The van der Waals surface area contributed by atoms with Gasteiger partial charge in [-0.3, -0.25) is 4.99 Å². The molecule has 0 amide bonds. The van der Waals surface area contributed by atoms with Crippen molar-refractivity contribution in [1.29, 1.82) is 0 Å². The van der Waals surface area contributed by atoms with Crippen LogP contribution in [0.15, 0.2) is 11.1 Å². The monoisotopic (exact) mass is 244 g/mol. The summed E-state index contributed by atoms with van der Waals surface area (Å²) in [4.78, 5) is 19.2. The van der Waals surface area contributed by atoms with Crippen LogP contribution >= 0.6 is 23.2 Å². The fourth-order valence-corrected chi connectivity index (χ4v) is 1.81. The van der Waals surface area contributed by atoms with E-state index in [-0.39, 0.29) is 10.3 Å². The molecular formula is C9H6Cl2N2O2. The van der Waals surface area contributed by atoms with E-state index in [0.717, 1.165) is 0 Å². The highest BCUT2D eigenvalue weighted by molar-refractivity contribution is 6.32. The number of methoxy groups -OCH3 is 1. The number of halogens is 2. The Kier molecular flexibility index (Phi) is 2.63. The molecule has 4 nitrogen and oxygen atoms in total. The molecule has 0 saturated heterocycles. The van der Waals surface area contributed by atoms with E-state index in [1.165, 1.54) is 7.11 Å². The number of esters is 1. The maximum atomic E-state index is 11.2. The van der Waals surface area contributed by atoms with Crippen LogP contribution in [0, 0.1) is 0 Å². The van der Waals surface area contributed by atoms with Gasteiger partial charge in [-0.05, 0) is 6.08 Å². The highest BCUT2D eigenvalue weighted by atomic mass is 35.5. The van der Waals surface area contributed by atoms with Gasteiger partial charge in [0.1, 0.15) is 10.3 Å². The quantitative estimate of drug-likeness (QED) is 0.529. The number of carbonyl (C=O) groups is 1. The number of carbonyl (C=O) groups excluding carboxylic acids is 1. The first-order valence-electron chi connectivity index (χ1n) is 4.11. The van der Waals surface area contributed by atoms with Crippen molar-refractivity contribution in [3.8, 4) is 0 Å². The van der Waals surface area contributed by atoms with Gasteiger partial charge < -0.3 is 4.74 Å². The van der Waals surface area contributed by atoms with Gasteiger partial charge in [-0.25, -0.2) is 9.78 Å². The first kappa shape index (κ1) is 10.4. The molecule has 2 heterocycles. The second-order valence-electron chi connectivity index (χ2n) is 2.93. The van der Waals surface area contributed by atoms with Crippen molar-refractivity contribution >= 4 is 35.2 Å². The first-order valence-corrected chi connectivity index (χ1v) is 4.87.